The van der Waals surface area contributed by atoms with Crippen molar-refractivity contribution in [3.05, 3.63) is 201 Å². The Bertz CT molecular complexity index is 2890. The Morgan fingerprint density at radius 3 is 1.53 bits per heavy atom. The second-order valence-corrected chi connectivity index (χ2v) is 13.5. The molecule has 0 spiro atoms. The van der Waals surface area contributed by atoms with Crippen LogP contribution in [0.4, 0.5) is 0 Å². The summed E-state index contributed by atoms with van der Waals surface area (Å²) < 4.78 is 6.34. The zero-order valence-electron chi connectivity index (χ0n) is 31.2. The van der Waals surface area contributed by atoms with E-state index in [4.69, 9.17) is 9.40 Å². The maximum atomic E-state index is 6.34. The van der Waals surface area contributed by atoms with Crippen molar-refractivity contribution in [2.45, 2.75) is 13.8 Å². The molecule has 264 valence electrons. The number of furan rings is 1. The molecule has 0 atom stereocenters. The molecule has 2 nitrogen and oxygen atoms in total. The van der Waals surface area contributed by atoms with Gasteiger partial charge in [0.15, 0.2) is 0 Å². The Labute approximate surface area is 322 Å². The maximum absolute atomic E-state index is 6.34. The van der Waals surface area contributed by atoms with Crippen LogP contribution in [0.2, 0.25) is 0 Å². The number of aromatic nitrogens is 1. The predicted molar refractivity (Wildman–Crippen MR) is 238 cm³/mol. The molecule has 0 unspecified atom stereocenters. The third kappa shape index (κ3) is 6.60. The van der Waals surface area contributed by atoms with Gasteiger partial charge in [0, 0.05) is 33.5 Å². The molecular weight excluding hydrogens is 667 g/mol. The van der Waals surface area contributed by atoms with Crippen molar-refractivity contribution in [2.24, 2.45) is 0 Å². The van der Waals surface area contributed by atoms with Gasteiger partial charge in [-0.3, -0.25) is 4.98 Å². The van der Waals surface area contributed by atoms with Crippen molar-refractivity contribution in [3.63, 3.8) is 0 Å². The first-order chi connectivity index (χ1) is 27.1. The highest BCUT2D eigenvalue weighted by Gasteiger charge is 2.17. The predicted octanol–water partition coefficient (Wildman–Crippen LogP) is 15.5. The van der Waals surface area contributed by atoms with Gasteiger partial charge in [0.05, 0.1) is 5.69 Å². The number of fused-ring (bicyclic) bond motifs is 7. The molecular formula is C53H41NO. The summed E-state index contributed by atoms with van der Waals surface area (Å²) in [7, 11) is 0. The Balaban J connectivity index is 0.000000671. The van der Waals surface area contributed by atoms with Crippen LogP contribution in [0, 0.1) is 0 Å². The second-order valence-electron chi connectivity index (χ2n) is 13.5. The van der Waals surface area contributed by atoms with Gasteiger partial charge in [-0.05, 0) is 92.9 Å². The molecule has 2 aromatic heterocycles. The lowest BCUT2D eigenvalue weighted by atomic mass is 9.87. The fourth-order valence-electron chi connectivity index (χ4n) is 7.57. The van der Waals surface area contributed by atoms with Crippen LogP contribution in [0.15, 0.2) is 206 Å². The van der Waals surface area contributed by atoms with Gasteiger partial charge < -0.3 is 4.42 Å². The van der Waals surface area contributed by atoms with Gasteiger partial charge >= 0.3 is 0 Å². The van der Waals surface area contributed by atoms with E-state index in [0.29, 0.717) is 0 Å². The summed E-state index contributed by atoms with van der Waals surface area (Å²) in [5.74, 6) is 0. The summed E-state index contributed by atoms with van der Waals surface area (Å²) in [6.07, 6.45) is 5.51. The molecule has 0 saturated carbocycles. The van der Waals surface area contributed by atoms with Crippen LogP contribution >= 0.6 is 0 Å². The van der Waals surface area contributed by atoms with E-state index in [0.717, 1.165) is 44.1 Å². The molecule has 0 saturated heterocycles. The summed E-state index contributed by atoms with van der Waals surface area (Å²) in [5.41, 5.74) is 11.1. The summed E-state index contributed by atoms with van der Waals surface area (Å²) in [5, 5.41) is 9.51. The van der Waals surface area contributed by atoms with Gasteiger partial charge in [-0.15, -0.1) is 13.2 Å². The zero-order valence-corrected chi connectivity index (χ0v) is 31.2. The molecule has 10 rings (SSSR count). The van der Waals surface area contributed by atoms with Crippen LogP contribution in [-0.4, -0.2) is 4.98 Å². The minimum absolute atomic E-state index is 0.910. The number of rotatable bonds is 4. The molecule has 10 aromatic rings. The van der Waals surface area contributed by atoms with Crippen LogP contribution in [0.25, 0.3) is 98.9 Å². The smallest absolute Gasteiger partial charge is 0.143 e. The van der Waals surface area contributed by atoms with E-state index < -0.39 is 0 Å². The summed E-state index contributed by atoms with van der Waals surface area (Å²) >= 11 is 0. The van der Waals surface area contributed by atoms with Crippen LogP contribution in [0.5, 0.6) is 0 Å². The molecule has 0 radical (unpaired) electrons. The van der Waals surface area contributed by atoms with Crippen LogP contribution in [-0.2, 0) is 0 Å². The number of hydrogen-bond donors (Lipinski definition) is 0. The van der Waals surface area contributed by atoms with E-state index in [-0.39, 0.29) is 0 Å². The lowest BCUT2D eigenvalue weighted by Gasteiger charge is -2.17. The van der Waals surface area contributed by atoms with Crippen molar-refractivity contribution in [3.8, 4) is 44.6 Å². The van der Waals surface area contributed by atoms with Crippen LogP contribution in [0.1, 0.15) is 13.8 Å². The highest BCUT2D eigenvalue weighted by Crippen LogP contribution is 2.43. The van der Waals surface area contributed by atoms with E-state index in [1.807, 2.05) is 20.0 Å². The maximum Gasteiger partial charge on any atom is 0.143 e. The number of benzene rings is 8. The summed E-state index contributed by atoms with van der Waals surface area (Å²) in [6.45, 7) is 10.5. The molecule has 0 aliphatic rings. The van der Waals surface area contributed by atoms with E-state index in [1.165, 1.54) is 54.7 Å². The number of nitrogens with zero attached hydrogens (tertiary/aromatic N) is 1. The molecule has 0 N–H and O–H groups in total. The van der Waals surface area contributed by atoms with Gasteiger partial charge in [-0.25, -0.2) is 0 Å². The molecule has 2 heteroatoms. The first kappa shape index (κ1) is 35.0. The Kier molecular flexibility index (Phi) is 9.88. The lowest BCUT2D eigenvalue weighted by Crippen LogP contribution is -1.92. The average Bonchev–Trinajstić information content (AvgIpc) is 3.62. The molecule has 8 aromatic carbocycles. The van der Waals surface area contributed by atoms with Crippen molar-refractivity contribution < 1.29 is 4.42 Å². The first-order valence-corrected chi connectivity index (χ1v) is 18.7. The Hall–Kier alpha value is -7.03. The largest absolute Gasteiger partial charge is 0.455 e. The van der Waals surface area contributed by atoms with Gasteiger partial charge in [-0.2, -0.15) is 0 Å². The van der Waals surface area contributed by atoms with Gasteiger partial charge in [0.1, 0.15) is 11.2 Å². The van der Waals surface area contributed by atoms with E-state index in [1.54, 1.807) is 12.2 Å². The third-order valence-electron chi connectivity index (χ3n) is 9.93. The molecule has 0 fully saturated rings. The zero-order chi connectivity index (χ0) is 37.7. The topological polar surface area (TPSA) is 26.0 Å². The molecule has 0 aliphatic heterocycles. The van der Waals surface area contributed by atoms with E-state index >= 15 is 0 Å². The molecule has 0 amide bonds. The highest BCUT2D eigenvalue weighted by molar-refractivity contribution is 6.21. The Morgan fingerprint density at radius 1 is 0.418 bits per heavy atom. The SMILES string of the molecule is C=CC.C=CC.c1ccc(-c2c3ccccc3c(-c3ccc(-c4ccc(-c5ccc6oc7c8ccccc8ccc7c6c5)cc4)cn3)c3ccccc23)cc1. The van der Waals surface area contributed by atoms with Crippen molar-refractivity contribution in [1.29, 1.82) is 0 Å². The van der Waals surface area contributed by atoms with Crippen LogP contribution < -0.4 is 0 Å². The highest BCUT2D eigenvalue weighted by atomic mass is 16.3. The van der Waals surface area contributed by atoms with Gasteiger partial charge in [0.2, 0.25) is 0 Å². The van der Waals surface area contributed by atoms with Crippen molar-refractivity contribution in [2.75, 3.05) is 0 Å². The number of allylic oxidation sites excluding steroid dienone is 2. The normalized spacial score (nSPS) is 10.9. The number of hydrogen-bond acceptors (Lipinski definition) is 2. The molecule has 0 bridgehead atoms. The monoisotopic (exact) mass is 707 g/mol. The van der Waals surface area contributed by atoms with E-state index in [2.05, 4.69) is 183 Å². The third-order valence-corrected chi connectivity index (χ3v) is 9.93. The minimum atomic E-state index is 0.910. The quantitative estimate of drug-likeness (QED) is 0.134. The molecule has 55 heavy (non-hydrogen) atoms. The fraction of sp³-hybridized carbons (Fsp3) is 0.0377. The first-order valence-electron chi connectivity index (χ1n) is 18.7. The van der Waals surface area contributed by atoms with Gasteiger partial charge in [-0.1, -0.05) is 158 Å². The van der Waals surface area contributed by atoms with E-state index in [9.17, 15) is 0 Å². The fourth-order valence-corrected chi connectivity index (χ4v) is 7.57. The standard InChI is InChI=1S/C47H29NO.2C3H6/c1-2-11-33(12-3-1)45-37-14-6-8-16-39(37)46(40-17-9-7-15-38(40)45)43-26-23-35(29-48-43)31-20-18-30(19-21-31)34-24-27-44-42(28-34)41-25-22-32-10-4-5-13-36(32)47(41)49-44;2*1-3-2/h1-29H;2*3H,1H2,2H3. The summed E-state index contributed by atoms with van der Waals surface area (Å²) in [4.78, 5) is 5.08. The Morgan fingerprint density at radius 2 is 0.927 bits per heavy atom. The van der Waals surface area contributed by atoms with Gasteiger partial charge in [0.25, 0.3) is 0 Å². The summed E-state index contributed by atoms with van der Waals surface area (Å²) in [6, 6.07) is 60.5. The average molecular weight is 708 g/mol. The van der Waals surface area contributed by atoms with Crippen molar-refractivity contribution in [1.82, 2.24) is 4.98 Å². The second kappa shape index (κ2) is 15.5. The van der Waals surface area contributed by atoms with Crippen LogP contribution in [0.3, 0.4) is 0 Å². The number of pyridine rings is 1. The molecule has 2 heterocycles. The van der Waals surface area contributed by atoms with Crippen molar-refractivity contribution >= 4 is 54.3 Å². The minimum Gasteiger partial charge on any atom is -0.455 e. The lowest BCUT2D eigenvalue weighted by molar-refractivity contribution is 0.672. The molecule has 0 aliphatic carbocycles.